The molecule has 0 radical (unpaired) electrons. The second-order valence-corrected chi connectivity index (χ2v) is 3.73. The molecule has 1 N–H and O–H groups in total. The van der Waals surface area contributed by atoms with E-state index in [1.807, 2.05) is 6.92 Å². The molecule has 0 atom stereocenters. The van der Waals surface area contributed by atoms with Crippen molar-refractivity contribution >= 4 is 11.6 Å². The van der Waals surface area contributed by atoms with Crippen LogP contribution in [0.2, 0.25) is 5.02 Å². The maximum atomic E-state index is 11.4. The smallest absolute Gasteiger partial charge is 0.328 e. The lowest BCUT2D eigenvalue weighted by atomic mass is 10.5. The third kappa shape index (κ3) is 2.44. The summed E-state index contributed by atoms with van der Waals surface area (Å²) in [6, 6.07) is 0. The second-order valence-electron chi connectivity index (χ2n) is 3.32. The summed E-state index contributed by atoms with van der Waals surface area (Å²) < 4.78 is 6.10. The molecule has 0 fully saturated rings. The average molecular weight is 257 g/mol. The van der Waals surface area contributed by atoms with E-state index in [2.05, 4.69) is 15.1 Å². The Kier molecular flexibility index (Phi) is 3.10. The number of aryl methyl sites for hydroxylation is 1. The lowest BCUT2D eigenvalue weighted by Gasteiger charge is -2.00. The van der Waals surface area contributed by atoms with Gasteiger partial charge in [0.2, 0.25) is 5.89 Å². The number of aromatic amines is 1. The maximum Gasteiger partial charge on any atom is 0.328 e. The molecular formula is C9H9ClN4O3. The Labute approximate surface area is 100 Å². The van der Waals surface area contributed by atoms with Gasteiger partial charge in [-0.25, -0.2) is 4.79 Å². The lowest BCUT2D eigenvalue weighted by Crippen LogP contribution is -2.30. The third-order valence-electron chi connectivity index (χ3n) is 2.09. The number of hydrogen-bond donors (Lipinski definition) is 1. The molecule has 2 aromatic heterocycles. The number of halogens is 1. The predicted octanol–water partition coefficient (Wildman–Crippen LogP) is 0.184. The molecule has 0 saturated carbocycles. The van der Waals surface area contributed by atoms with Crippen molar-refractivity contribution < 1.29 is 4.52 Å². The Bertz CT molecular complexity index is 642. The molecule has 2 heterocycles. The summed E-state index contributed by atoms with van der Waals surface area (Å²) in [7, 11) is 0. The van der Waals surface area contributed by atoms with Crippen LogP contribution < -0.4 is 11.2 Å². The van der Waals surface area contributed by atoms with Crippen LogP contribution in [0.1, 0.15) is 18.6 Å². The van der Waals surface area contributed by atoms with Crippen LogP contribution in [-0.2, 0) is 13.0 Å². The fraction of sp³-hybridized carbons (Fsp3) is 0.333. The van der Waals surface area contributed by atoms with Gasteiger partial charge in [0.25, 0.3) is 5.56 Å². The van der Waals surface area contributed by atoms with E-state index in [0.717, 1.165) is 0 Å². The minimum Gasteiger partial charge on any atom is -0.339 e. The van der Waals surface area contributed by atoms with E-state index in [4.69, 9.17) is 16.1 Å². The molecular weight excluding hydrogens is 248 g/mol. The summed E-state index contributed by atoms with van der Waals surface area (Å²) in [5.41, 5.74) is -1.18. The van der Waals surface area contributed by atoms with E-state index in [9.17, 15) is 9.59 Å². The first-order chi connectivity index (χ1) is 8.10. The van der Waals surface area contributed by atoms with Gasteiger partial charge in [-0.1, -0.05) is 23.7 Å². The number of aromatic nitrogens is 4. The van der Waals surface area contributed by atoms with Gasteiger partial charge in [0, 0.05) is 12.6 Å². The van der Waals surface area contributed by atoms with Crippen LogP contribution in [0.25, 0.3) is 0 Å². The number of H-pyrrole nitrogens is 1. The van der Waals surface area contributed by atoms with E-state index in [1.54, 1.807) is 0 Å². The highest BCUT2D eigenvalue weighted by Crippen LogP contribution is 2.01. The molecule has 0 aliphatic heterocycles. The molecule has 8 heteroatoms. The first kappa shape index (κ1) is 11.6. The van der Waals surface area contributed by atoms with Gasteiger partial charge in [0.15, 0.2) is 5.82 Å². The van der Waals surface area contributed by atoms with Crippen molar-refractivity contribution in [3.63, 3.8) is 0 Å². The van der Waals surface area contributed by atoms with Gasteiger partial charge in [0.1, 0.15) is 5.02 Å². The van der Waals surface area contributed by atoms with Crippen molar-refractivity contribution in [2.75, 3.05) is 0 Å². The number of hydrogen-bond acceptors (Lipinski definition) is 5. The van der Waals surface area contributed by atoms with Crippen molar-refractivity contribution in [1.29, 1.82) is 0 Å². The zero-order valence-corrected chi connectivity index (χ0v) is 9.69. The zero-order chi connectivity index (χ0) is 12.4. The first-order valence-electron chi connectivity index (χ1n) is 4.91. The second kappa shape index (κ2) is 4.54. The quantitative estimate of drug-likeness (QED) is 0.846. The van der Waals surface area contributed by atoms with Crippen LogP contribution >= 0.6 is 11.6 Å². The molecule has 0 saturated heterocycles. The summed E-state index contributed by atoms with van der Waals surface area (Å²) in [5, 5.41) is 3.63. The highest BCUT2D eigenvalue weighted by atomic mass is 35.5. The highest BCUT2D eigenvalue weighted by Gasteiger charge is 2.08. The number of nitrogens with one attached hydrogen (secondary N) is 1. The molecule has 0 aliphatic carbocycles. The largest absolute Gasteiger partial charge is 0.339 e. The summed E-state index contributed by atoms with van der Waals surface area (Å²) in [5.74, 6) is 0.843. The van der Waals surface area contributed by atoms with Crippen LogP contribution in [0.4, 0.5) is 0 Å². The van der Waals surface area contributed by atoms with Crippen molar-refractivity contribution in [2.45, 2.75) is 19.9 Å². The van der Waals surface area contributed by atoms with E-state index >= 15 is 0 Å². The summed E-state index contributed by atoms with van der Waals surface area (Å²) in [6.45, 7) is 1.97. The minimum atomic E-state index is -0.615. The van der Waals surface area contributed by atoms with Crippen LogP contribution in [0.5, 0.6) is 0 Å². The molecule has 7 nitrogen and oxygen atoms in total. The number of nitrogens with zero attached hydrogens (tertiary/aromatic N) is 3. The summed E-state index contributed by atoms with van der Waals surface area (Å²) in [4.78, 5) is 28.6. The summed E-state index contributed by atoms with van der Waals surface area (Å²) >= 11 is 5.62. The van der Waals surface area contributed by atoms with Gasteiger partial charge in [-0.2, -0.15) is 4.98 Å². The lowest BCUT2D eigenvalue weighted by molar-refractivity contribution is 0.375. The molecule has 0 bridgehead atoms. The van der Waals surface area contributed by atoms with Crippen LogP contribution in [0, 0.1) is 0 Å². The molecule has 0 aromatic carbocycles. The van der Waals surface area contributed by atoms with Crippen LogP contribution in [0.3, 0.4) is 0 Å². The van der Waals surface area contributed by atoms with Crippen molar-refractivity contribution in [1.82, 2.24) is 19.7 Å². The van der Waals surface area contributed by atoms with E-state index in [0.29, 0.717) is 18.1 Å². The Morgan fingerprint density at radius 1 is 1.53 bits per heavy atom. The van der Waals surface area contributed by atoms with Gasteiger partial charge in [-0.05, 0) is 0 Å². The van der Waals surface area contributed by atoms with E-state index in [1.165, 1.54) is 10.8 Å². The fourth-order valence-corrected chi connectivity index (χ4v) is 1.42. The Morgan fingerprint density at radius 3 is 2.94 bits per heavy atom. The van der Waals surface area contributed by atoms with Crippen molar-refractivity contribution in [3.05, 3.63) is 43.8 Å². The standard InChI is InChI=1S/C9H9ClN4O3/c1-2-7-11-6(13-17-7)4-14-3-5(10)8(15)12-9(14)16/h3H,2,4H2,1H3,(H,12,15,16). The van der Waals surface area contributed by atoms with Gasteiger partial charge in [-0.3, -0.25) is 14.3 Å². The number of rotatable bonds is 3. The molecule has 2 aromatic rings. The van der Waals surface area contributed by atoms with Crippen LogP contribution in [0.15, 0.2) is 20.3 Å². The first-order valence-corrected chi connectivity index (χ1v) is 5.28. The molecule has 17 heavy (non-hydrogen) atoms. The Hall–Kier alpha value is -1.89. The van der Waals surface area contributed by atoms with E-state index < -0.39 is 11.2 Å². The molecule has 0 aliphatic rings. The fourth-order valence-electron chi connectivity index (χ4n) is 1.25. The monoisotopic (exact) mass is 256 g/mol. The zero-order valence-electron chi connectivity index (χ0n) is 8.94. The average Bonchev–Trinajstić information content (AvgIpc) is 2.73. The third-order valence-corrected chi connectivity index (χ3v) is 2.36. The van der Waals surface area contributed by atoms with Gasteiger partial charge < -0.3 is 4.52 Å². The molecule has 2 rings (SSSR count). The predicted molar refractivity (Wildman–Crippen MR) is 59.1 cm³/mol. The van der Waals surface area contributed by atoms with Gasteiger partial charge >= 0.3 is 5.69 Å². The molecule has 0 spiro atoms. The van der Waals surface area contributed by atoms with Gasteiger partial charge in [-0.15, -0.1) is 0 Å². The maximum absolute atomic E-state index is 11.4. The Balaban J connectivity index is 2.33. The SMILES string of the molecule is CCc1nc(Cn2cc(Cl)c(=O)[nH]c2=O)no1. The molecule has 0 amide bonds. The van der Waals surface area contributed by atoms with Crippen molar-refractivity contribution in [3.8, 4) is 0 Å². The minimum absolute atomic E-state index is 0.0659. The van der Waals surface area contributed by atoms with Crippen LogP contribution in [-0.4, -0.2) is 19.7 Å². The van der Waals surface area contributed by atoms with Gasteiger partial charge in [0.05, 0.1) is 6.54 Å². The normalized spacial score (nSPS) is 10.7. The Morgan fingerprint density at radius 2 is 2.29 bits per heavy atom. The highest BCUT2D eigenvalue weighted by molar-refractivity contribution is 6.30. The topological polar surface area (TPSA) is 93.8 Å². The molecule has 0 unspecified atom stereocenters. The van der Waals surface area contributed by atoms with Crippen molar-refractivity contribution in [2.24, 2.45) is 0 Å². The molecule has 90 valence electrons. The summed E-state index contributed by atoms with van der Waals surface area (Å²) in [6.07, 6.45) is 1.86. The van der Waals surface area contributed by atoms with E-state index in [-0.39, 0.29) is 11.6 Å².